The van der Waals surface area contributed by atoms with Gasteiger partial charge in [-0.3, -0.25) is 4.90 Å². The molecule has 0 saturated carbocycles. The van der Waals surface area contributed by atoms with Crippen LogP contribution in [0.25, 0.3) is 0 Å². The van der Waals surface area contributed by atoms with Crippen molar-refractivity contribution in [2.75, 3.05) is 6.54 Å². The number of hydrogen-bond donors (Lipinski definition) is 0. The highest BCUT2D eigenvalue weighted by Gasteiger charge is 2.26. The van der Waals surface area contributed by atoms with Gasteiger partial charge in [0.05, 0.1) is 0 Å². The summed E-state index contributed by atoms with van der Waals surface area (Å²) in [6.07, 6.45) is 4.51. The van der Waals surface area contributed by atoms with Gasteiger partial charge in [0.1, 0.15) is 4.60 Å². The number of nitrogens with zero attached hydrogens (tertiary/aromatic N) is 2. The molecule has 20 heavy (non-hydrogen) atoms. The normalized spacial score (nSPS) is 19.4. The van der Waals surface area contributed by atoms with Crippen molar-refractivity contribution in [3.63, 3.8) is 0 Å². The van der Waals surface area contributed by atoms with Crippen molar-refractivity contribution in [2.24, 2.45) is 0 Å². The van der Waals surface area contributed by atoms with Gasteiger partial charge in [-0.25, -0.2) is 4.98 Å². The fraction of sp³-hybridized carbons (Fsp3) is 0.353. The molecule has 0 spiro atoms. The van der Waals surface area contributed by atoms with E-state index >= 15 is 0 Å². The first-order chi connectivity index (χ1) is 9.74. The monoisotopic (exact) mass is 330 g/mol. The molecule has 0 aliphatic carbocycles. The van der Waals surface area contributed by atoms with Crippen molar-refractivity contribution < 1.29 is 0 Å². The predicted octanol–water partition coefficient (Wildman–Crippen LogP) is 4.49. The van der Waals surface area contributed by atoms with Gasteiger partial charge < -0.3 is 0 Å². The van der Waals surface area contributed by atoms with E-state index in [1.807, 2.05) is 12.3 Å². The summed E-state index contributed by atoms with van der Waals surface area (Å²) in [5.41, 5.74) is 4.17. The van der Waals surface area contributed by atoms with Crippen molar-refractivity contribution in [1.82, 2.24) is 9.88 Å². The molecular weight excluding hydrogens is 312 g/mol. The quantitative estimate of drug-likeness (QED) is 0.771. The molecule has 3 rings (SSSR count). The molecule has 0 radical (unpaired) electrons. The summed E-state index contributed by atoms with van der Waals surface area (Å²) < 4.78 is 0.901. The van der Waals surface area contributed by atoms with Crippen LogP contribution in [0.1, 0.15) is 35.6 Å². The van der Waals surface area contributed by atoms with Gasteiger partial charge in [-0.05, 0) is 65.0 Å². The van der Waals surface area contributed by atoms with Gasteiger partial charge in [0.25, 0.3) is 0 Å². The van der Waals surface area contributed by atoms with Crippen LogP contribution in [0.2, 0.25) is 0 Å². The number of benzene rings is 1. The fourth-order valence-corrected chi connectivity index (χ4v) is 3.30. The Hall–Kier alpha value is -1.19. The molecule has 1 saturated heterocycles. The Morgan fingerprint density at radius 3 is 2.85 bits per heavy atom. The number of aromatic nitrogens is 1. The number of pyridine rings is 1. The van der Waals surface area contributed by atoms with E-state index in [4.69, 9.17) is 0 Å². The second-order valence-electron chi connectivity index (χ2n) is 5.47. The van der Waals surface area contributed by atoms with E-state index in [9.17, 15) is 0 Å². The first-order valence-electron chi connectivity index (χ1n) is 7.14. The third-order valence-electron chi connectivity index (χ3n) is 4.09. The Morgan fingerprint density at radius 1 is 1.25 bits per heavy atom. The third-order valence-corrected chi connectivity index (χ3v) is 4.55. The summed E-state index contributed by atoms with van der Waals surface area (Å²) in [7, 11) is 0. The third kappa shape index (κ3) is 2.94. The summed E-state index contributed by atoms with van der Waals surface area (Å²) in [5.74, 6) is 0. The molecule has 3 heteroatoms. The second-order valence-corrected chi connectivity index (χ2v) is 6.29. The van der Waals surface area contributed by atoms with E-state index in [1.54, 1.807) is 0 Å². The highest BCUT2D eigenvalue weighted by atomic mass is 79.9. The lowest BCUT2D eigenvalue weighted by Gasteiger charge is -2.26. The number of aryl methyl sites for hydroxylation is 1. The smallest absolute Gasteiger partial charge is 0.106 e. The summed E-state index contributed by atoms with van der Waals surface area (Å²) in [6, 6.07) is 13.5. The van der Waals surface area contributed by atoms with Crippen LogP contribution in [-0.4, -0.2) is 16.4 Å². The molecule has 0 N–H and O–H groups in total. The van der Waals surface area contributed by atoms with E-state index in [2.05, 4.69) is 63.1 Å². The highest BCUT2D eigenvalue weighted by molar-refractivity contribution is 9.10. The summed E-state index contributed by atoms with van der Waals surface area (Å²) in [4.78, 5) is 6.90. The molecule has 1 unspecified atom stereocenters. The van der Waals surface area contributed by atoms with Gasteiger partial charge in [0.15, 0.2) is 0 Å². The Balaban J connectivity index is 1.79. The first-order valence-corrected chi connectivity index (χ1v) is 7.93. The Labute approximate surface area is 129 Å². The topological polar surface area (TPSA) is 16.1 Å². The molecule has 2 heterocycles. The standard InChI is InChI=1S/C17H19BrN2/c1-13-5-2-3-6-15(13)16-7-4-10-20(16)12-14-8-9-17(18)19-11-14/h2-3,5-6,8-9,11,16H,4,7,10,12H2,1H3. The van der Waals surface area contributed by atoms with Gasteiger partial charge in [-0.1, -0.05) is 30.3 Å². The van der Waals surface area contributed by atoms with E-state index in [1.165, 1.54) is 36.1 Å². The van der Waals surface area contributed by atoms with Crippen molar-refractivity contribution >= 4 is 15.9 Å². The molecule has 2 nitrogen and oxygen atoms in total. The predicted molar refractivity (Wildman–Crippen MR) is 85.5 cm³/mol. The van der Waals surface area contributed by atoms with Gasteiger partial charge in [-0.2, -0.15) is 0 Å². The van der Waals surface area contributed by atoms with E-state index in [0.717, 1.165) is 11.1 Å². The number of hydrogen-bond acceptors (Lipinski definition) is 2. The lowest BCUT2D eigenvalue weighted by molar-refractivity contribution is 0.247. The van der Waals surface area contributed by atoms with Crippen LogP contribution in [-0.2, 0) is 6.54 Å². The molecule has 0 bridgehead atoms. The van der Waals surface area contributed by atoms with Crippen molar-refractivity contribution in [3.05, 3.63) is 63.9 Å². The molecule has 1 aromatic carbocycles. The van der Waals surface area contributed by atoms with Crippen molar-refractivity contribution in [1.29, 1.82) is 0 Å². The van der Waals surface area contributed by atoms with Crippen LogP contribution in [0.15, 0.2) is 47.2 Å². The zero-order valence-electron chi connectivity index (χ0n) is 11.7. The van der Waals surface area contributed by atoms with E-state index in [-0.39, 0.29) is 0 Å². The maximum absolute atomic E-state index is 4.33. The number of halogens is 1. The van der Waals surface area contributed by atoms with Gasteiger partial charge in [-0.15, -0.1) is 0 Å². The minimum Gasteiger partial charge on any atom is -0.292 e. The molecule has 1 aliphatic heterocycles. The lowest BCUT2D eigenvalue weighted by Crippen LogP contribution is -2.23. The zero-order chi connectivity index (χ0) is 13.9. The fourth-order valence-electron chi connectivity index (χ4n) is 3.06. The van der Waals surface area contributed by atoms with Crippen LogP contribution in [0.4, 0.5) is 0 Å². The first kappa shape index (κ1) is 13.8. The van der Waals surface area contributed by atoms with Crippen LogP contribution in [0.5, 0.6) is 0 Å². The summed E-state index contributed by atoms with van der Waals surface area (Å²) in [6.45, 7) is 4.38. The Kier molecular flexibility index (Phi) is 4.18. The van der Waals surface area contributed by atoms with Gasteiger partial charge in [0, 0.05) is 18.8 Å². The Morgan fingerprint density at radius 2 is 2.10 bits per heavy atom. The lowest BCUT2D eigenvalue weighted by atomic mass is 9.99. The van der Waals surface area contributed by atoms with Crippen LogP contribution >= 0.6 is 15.9 Å². The molecule has 0 amide bonds. The molecule has 1 aromatic heterocycles. The molecule has 2 aromatic rings. The van der Waals surface area contributed by atoms with Crippen LogP contribution < -0.4 is 0 Å². The maximum atomic E-state index is 4.33. The second kappa shape index (κ2) is 6.06. The molecule has 1 atom stereocenters. The summed E-state index contributed by atoms with van der Waals surface area (Å²) in [5, 5.41) is 0. The zero-order valence-corrected chi connectivity index (χ0v) is 13.3. The van der Waals surface area contributed by atoms with Crippen LogP contribution in [0, 0.1) is 6.92 Å². The van der Waals surface area contributed by atoms with Crippen molar-refractivity contribution in [3.8, 4) is 0 Å². The molecule has 1 fully saturated rings. The molecule has 1 aliphatic rings. The maximum Gasteiger partial charge on any atom is 0.106 e. The SMILES string of the molecule is Cc1ccccc1C1CCCN1Cc1ccc(Br)nc1. The van der Waals surface area contributed by atoms with Gasteiger partial charge >= 0.3 is 0 Å². The molecule has 104 valence electrons. The minimum atomic E-state index is 0.555. The average Bonchev–Trinajstić information content (AvgIpc) is 2.90. The van der Waals surface area contributed by atoms with E-state index in [0.29, 0.717) is 6.04 Å². The highest BCUT2D eigenvalue weighted by Crippen LogP contribution is 2.34. The summed E-state index contributed by atoms with van der Waals surface area (Å²) >= 11 is 3.39. The number of likely N-dealkylation sites (tertiary alicyclic amines) is 1. The van der Waals surface area contributed by atoms with Crippen molar-refractivity contribution in [2.45, 2.75) is 32.4 Å². The number of rotatable bonds is 3. The Bertz CT molecular complexity index is 580. The van der Waals surface area contributed by atoms with E-state index < -0.39 is 0 Å². The average molecular weight is 331 g/mol. The molecular formula is C17H19BrN2. The largest absolute Gasteiger partial charge is 0.292 e. The van der Waals surface area contributed by atoms with Gasteiger partial charge in [0.2, 0.25) is 0 Å². The minimum absolute atomic E-state index is 0.555. The van der Waals surface area contributed by atoms with Crippen LogP contribution in [0.3, 0.4) is 0 Å².